The van der Waals surface area contributed by atoms with Gasteiger partial charge in [0.05, 0.1) is 6.61 Å². The van der Waals surface area contributed by atoms with E-state index in [1.165, 1.54) is 6.33 Å². The molecule has 7 nitrogen and oxygen atoms in total. The van der Waals surface area contributed by atoms with Gasteiger partial charge in [0.25, 0.3) is 0 Å². The van der Waals surface area contributed by atoms with Crippen LogP contribution in [0.15, 0.2) is 6.33 Å². The maximum absolute atomic E-state index is 11.9. The van der Waals surface area contributed by atoms with E-state index in [0.29, 0.717) is 37.0 Å². The molecular weight excluding hydrogens is 258 g/mol. The minimum Gasteiger partial charge on any atom is -0.476 e. The Morgan fingerprint density at radius 3 is 2.90 bits per heavy atom. The van der Waals surface area contributed by atoms with E-state index >= 15 is 0 Å². The number of nitrogens with zero attached hydrogens (tertiary/aromatic N) is 3. The number of likely N-dealkylation sites (tertiary alicyclic amines) is 1. The fourth-order valence-corrected chi connectivity index (χ4v) is 2.18. The molecule has 2 heterocycles. The molecule has 0 radical (unpaired) electrons. The Morgan fingerprint density at radius 1 is 1.45 bits per heavy atom. The van der Waals surface area contributed by atoms with E-state index in [1.807, 2.05) is 11.8 Å². The third-order valence-electron chi connectivity index (χ3n) is 3.22. The zero-order chi connectivity index (χ0) is 14.4. The van der Waals surface area contributed by atoms with Crippen molar-refractivity contribution in [3.8, 4) is 5.88 Å². The van der Waals surface area contributed by atoms with Crippen LogP contribution in [-0.2, 0) is 4.79 Å². The van der Waals surface area contributed by atoms with Gasteiger partial charge in [-0.15, -0.1) is 0 Å². The quantitative estimate of drug-likeness (QED) is 0.803. The molecule has 0 atom stereocenters. The summed E-state index contributed by atoms with van der Waals surface area (Å²) in [5.74, 6) is 1.06. The highest BCUT2D eigenvalue weighted by atomic mass is 16.5. The summed E-state index contributed by atoms with van der Waals surface area (Å²) < 4.78 is 5.29. The standard InChI is InChI=1S/C13H21N5O2/c1-2-20-13-11(14)12(16-9-17-13)15-6-5-10(19)18-7-3-4-8-18/h9H,2-8,14H2,1H3,(H,15,16,17). The van der Waals surface area contributed by atoms with E-state index in [4.69, 9.17) is 10.5 Å². The lowest BCUT2D eigenvalue weighted by molar-refractivity contribution is -0.129. The van der Waals surface area contributed by atoms with Gasteiger partial charge >= 0.3 is 0 Å². The van der Waals surface area contributed by atoms with Gasteiger partial charge in [0.1, 0.15) is 12.0 Å². The third-order valence-corrected chi connectivity index (χ3v) is 3.22. The Kier molecular flexibility index (Phi) is 4.97. The highest BCUT2D eigenvalue weighted by molar-refractivity contribution is 5.77. The number of hydrogen-bond acceptors (Lipinski definition) is 6. The predicted molar refractivity (Wildman–Crippen MR) is 76.5 cm³/mol. The highest BCUT2D eigenvalue weighted by Crippen LogP contribution is 2.24. The molecule has 0 aliphatic carbocycles. The summed E-state index contributed by atoms with van der Waals surface area (Å²) in [6, 6.07) is 0. The van der Waals surface area contributed by atoms with Gasteiger partial charge in [-0.2, -0.15) is 4.98 Å². The van der Waals surface area contributed by atoms with E-state index in [1.54, 1.807) is 0 Å². The molecule has 1 saturated heterocycles. The Labute approximate surface area is 118 Å². The molecule has 2 rings (SSSR count). The van der Waals surface area contributed by atoms with Gasteiger partial charge in [0.15, 0.2) is 5.82 Å². The van der Waals surface area contributed by atoms with E-state index in [9.17, 15) is 4.79 Å². The van der Waals surface area contributed by atoms with Gasteiger partial charge in [0, 0.05) is 26.1 Å². The smallest absolute Gasteiger partial charge is 0.242 e. The summed E-state index contributed by atoms with van der Waals surface area (Å²) in [6.07, 6.45) is 4.05. The van der Waals surface area contributed by atoms with Crippen molar-refractivity contribution in [2.24, 2.45) is 0 Å². The predicted octanol–water partition coefficient (Wildman–Crippen LogP) is 0.882. The minimum atomic E-state index is 0.174. The van der Waals surface area contributed by atoms with Gasteiger partial charge in [-0.1, -0.05) is 0 Å². The lowest BCUT2D eigenvalue weighted by Crippen LogP contribution is -2.29. The number of anilines is 2. The van der Waals surface area contributed by atoms with Crippen molar-refractivity contribution in [2.45, 2.75) is 26.2 Å². The van der Waals surface area contributed by atoms with Gasteiger partial charge in [-0.3, -0.25) is 4.79 Å². The molecule has 0 saturated carbocycles. The van der Waals surface area contributed by atoms with Crippen molar-refractivity contribution in [3.63, 3.8) is 0 Å². The Hall–Kier alpha value is -2.05. The molecule has 20 heavy (non-hydrogen) atoms. The number of rotatable bonds is 6. The average Bonchev–Trinajstić information content (AvgIpc) is 2.97. The molecule has 1 aromatic rings. The summed E-state index contributed by atoms with van der Waals surface area (Å²) >= 11 is 0. The molecule has 7 heteroatoms. The van der Waals surface area contributed by atoms with Crippen LogP contribution in [0.2, 0.25) is 0 Å². The van der Waals surface area contributed by atoms with Crippen LogP contribution in [-0.4, -0.2) is 47.0 Å². The molecule has 0 unspecified atom stereocenters. The molecule has 1 aromatic heterocycles. The largest absolute Gasteiger partial charge is 0.476 e. The number of carbonyl (C=O) groups is 1. The van der Waals surface area contributed by atoms with Gasteiger partial charge in [-0.05, 0) is 19.8 Å². The molecular formula is C13H21N5O2. The number of nitrogens with two attached hydrogens (primary N) is 1. The summed E-state index contributed by atoms with van der Waals surface area (Å²) in [4.78, 5) is 21.8. The lowest BCUT2D eigenvalue weighted by atomic mass is 10.3. The van der Waals surface area contributed by atoms with E-state index in [-0.39, 0.29) is 5.91 Å². The first-order valence-electron chi connectivity index (χ1n) is 6.97. The van der Waals surface area contributed by atoms with Crippen LogP contribution in [0.25, 0.3) is 0 Å². The summed E-state index contributed by atoms with van der Waals surface area (Å²) in [5.41, 5.74) is 6.28. The van der Waals surface area contributed by atoms with E-state index in [0.717, 1.165) is 25.9 Å². The van der Waals surface area contributed by atoms with Gasteiger partial charge in [-0.25, -0.2) is 4.98 Å². The van der Waals surface area contributed by atoms with Crippen molar-refractivity contribution in [3.05, 3.63) is 6.33 Å². The fourth-order valence-electron chi connectivity index (χ4n) is 2.18. The van der Waals surface area contributed by atoms with E-state index in [2.05, 4.69) is 15.3 Å². The minimum absolute atomic E-state index is 0.174. The number of nitrogens with one attached hydrogen (secondary N) is 1. The Bertz CT molecular complexity index is 460. The topological polar surface area (TPSA) is 93.4 Å². The Morgan fingerprint density at radius 2 is 2.20 bits per heavy atom. The monoisotopic (exact) mass is 279 g/mol. The van der Waals surface area contributed by atoms with Crippen molar-refractivity contribution in [2.75, 3.05) is 37.3 Å². The first kappa shape index (κ1) is 14.4. The van der Waals surface area contributed by atoms with Crippen LogP contribution in [0.3, 0.4) is 0 Å². The molecule has 110 valence electrons. The SMILES string of the molecule is CCOc1ncnc(NCCC(=O)N2CCCC2)c1N. The molecule has 0 bridgehead atoms. The Balaban J connectivity index is 1.84. The molecule has 1 aliphatic rings. The van der Waals surface area contributed by atoms with Crippen molar-refractivity contribution in [1.29, 1.82) is 0 Å². The van der Waals surface area contributed by atoms with Crippen LogP contribution in [0, 0.1) is 0 Å². The normalized spacial score (nSPS) is 14.3. The molecule has 0 aromatic carbocycles. The van der Waals surface area contributed by atoms with Crippen LogP contribution in [0.1, 0.15) is 26.2 Å². The van der Waals surface area contributed by atoms with E-state index < -0.39 is 0 Å². The fraction of sp³-hybridized carbons (Fsp3) is 0.615. The highest BCUT2D eigenvalue weighted by Gasteiger charge is 2.17. The number of hydrogen-bond donors (Lipinski definition) is 2. The summed E-state index contributed by atoms with van der Waals surface area (Å²) in [5, 5.41) is 3.06. The van der Waals surface area contributed by atoms with Gasteiger partial charge in [0.2, 0.25) is 11.8 Å². The average molecular weight is 279 g/mol. The number of nitrogen functional groups attached to an aromatic ring is 1. The molecule has 1 amide bonds. The lowest BCUT2D eigenvalue weighted by Gasteiger charge is -2.15. The second kappa shape index (κ2) is 6.93. The maximum atomic E-state index is 11.9. The van der Waals surface area contributed by atoms with Crippen LogP contribution in [0.5, 0.6) is 5.88 Å². The van der Waals surface area contributed by atoms with Crippen LogP contribution >= 0.6 is 0 Å². The zero-order valence-corrected chi connectivity index (χ0v) is 11.8. The maximum Gasteiger partial charge on any atom is 0.242 e. The summed E-state index contributed by atoms with van der Waals surface area (Å²) in [7, 11) is 0. The van der Waals surface area contributed by atoms with Crippen LogP contribution in [0.4, 0.5) is 11.5 Å². The number of carbonyl (C=O) groups excluding carboxylic acids is 1. The van der Waals surface area contributed by atoms with Gasteiger partial charge < -0.3 is 20.7 Å². The number of ether oxygens (including phenoxy) is 1. The van der Waals surface area contributed by atoms with Crippen molar-refractivity contribution < 1.29 is 9.53 Å². The second-order valence-electron chi connectivity index (χ2n) is 4.64. The molecule has 1 aliphatic heterocycles. The third kappa shape index (κ3) is 3.49. The number of aromatic nitrogens is 2. The first-order valence-corrected chi connectivity index (χ1v) is 6.97. The first-order chi connectivity index (χ1) is 9.72. The van der Waals surface area contributed by atoms with Crippen molar-refractivity contribution >= 4 is 17.4 Å². The van der Waals surface area contributed by atoms with Crippen molar-refractivity contribution in [1.82, 2.24) is 14.9 Å². The molecule has 1 fully saturated rings. The zero-order valence-electron chi connectivity index (χ0n) is 11.8. The summed E-state index contributed by atoms with van der Waals surface area (Å²) in [6.45, 7) is 4.62. The van der Waals surface area contributed by atoms with Crippen LogP contribution < -0.4 is 15.8 Å². The molecule has 3 N–H and O–H groups in total. The molecule has 0 spiro atoms. The second-order valence-corrected chi connectivity index (χ2v) is 4.64. The number of amides is 1.